The molecule has 0 saturated heterocycles. The van der Waals surface area contributed by atoms with E-state index in [1.54, 1.807) is 0 Å². The SMILES string of the molecule is C#CCn1c(=NC(=O)C(C)C)sc2cc3c(cc21)OCO3. The first kappa shape index (κ1) is 13.7. The van der Waals surface area contributed by atoms with E-state index in [9.17, 15) is 4.79 Å². The summed E-state index contributed by atoms with van der Waals surface area (Å²) in [7, 11) is 0. The van der Waals surface area contributed by atoms with E-state index >= 15 is 0 Å². The molecule has 0 atom stereocenters. The van der Waals surface area contributed by atoms with E-state index in [1.807, 2.05) is 30.5 Å². The highest BCUT2D eigenvalue weighted by molar-refractivity contribution is 7.16. The van der Waals surface area contributed by atoms with E-state index in [-0.39, 0.29) is 18.6 Å². The summed E-state index contributed by atoms with van der Waals surface area (Å²) in [5, 5.41) is 0. The average molecular weight is 302 g/mol. The van der Waals surface area contributed by atoms with E-state index in [2.05, 4.69) is 10.9 Å². The lowest BCUT2D eigenvalue weighted by atomic mass is 10.2. The number of terminal acetylenes is 1. The van der Waals surface area contributed by atoms with Gasteiger partial charge in [0.2, 0.25) is 6.79 Å². The molecule has 1 amide bonds. The van der Waals surface area contributed by atoms with Crippen molar-refractivity contribution < 1.29 is 14.3 Å². The molecule has 0 bridgehead atoms. The number of nitrogens with zero attached hydrogens (tertiary/aromatic N) is 2. The standard InChI is InChI=1S/C15H14N2O3S/c1-4-5-17-10-6-11-12(20-8-19-11)7-13(10)21-15(17)16-14(18)9(2)3/h1,6-7,9H,5,8H2,2-3H3. The zero-order valence-corrected chi connectivity index (χ0v) is 12.6. The fraction of sp³-hybridized carbons (Fsp3) is 0.333. The Bertz CT molecular complexity index is 824. The summed E-state index contributed by atoms with van der Waals surface area (Å²) in [6, 6.07) is 3.78. The molecule has 0 fully saturated rings. The number of hydrogen-bond acceptors (Lipinski definition) is 4. The molecular formula is C15H14N2O3S. The summed E-state index contributed by atoms with van der Waals surface area (Å²) >= 11 is 1.42. The van der Waals surface area contributed by atoms with E-state index in [1.165, 1.54) is 11.3 Å². The highest BCUT2D eigenvalue weighted by Crippen LogP contribution is 2.36. The fourth-order valence-electron chi connectivity index (χ4n) is 2.01. The average Bonchev–Trinajstić information content (AvgIpc) is 3.01. The number of fused-ring (bicyclic) bond motifs is 2. The van der Waals surface area contributed by atoms with Crippen LogP contribution in [0.4, 0.5) is 0 Å². The number of hydrogen-bond donors (Lipinski definition) is 0. The van der Waals surface area contributed by atoms with Gasteiger partial charge in [-0.1, -0.05) is 31.1 Å². The molecule has 3 rings (SSSR count). The number of carbonyl (C=O) groups excluding carboxylic acids is 1. The van der Waals surface area contributed by atoms with Crippen LogP contribution in [0.3, 0.4) is 0 Å². The van der Waals surface area contributed by atoms with Gasteiger partial charge in [-0.2, -0.15) is 4.99 Å². The Hall–Kier alpha value is -2.26. The first-order chi connectivity index (χ1) is 10.1. The molecule has 21 heavy (non-hydrogen) atoms. The van der Waals surface area contributed by atoms with Crippen molar-refractivity contribution >= 4 is 27.5 Å². The van der Waals surface area contributed by atoms with Crippen LogP contribution in [-0.2, 0) is 11.3 Å². The van der Waals surface area contributed by atoms with Gasteiger partial charge in [-0.3, -0.25) is 4.79 Å². The van der Waals surface area contributed by atoms with Crippen LogP contribution in [0.1, 0.15) is 13.8 Å². The molecule has 0 aliphatic carbocycles. The number of ether oxygens (including phenoxy) is 2. The molecule has 108 valence electrons. The zero-order valence-electron chi connectivity index (χ0n) is 11.8. The topological polar surface area (TPSA) is 52.8 Å². The number of thiazole rings is 1. The van der Waals surface area contributed by atoms with E-state index < -0.39 is 0 Å². The van der Waals surface area contributed by atoms with Crippen molar-refractivity contribution in [3.63, 3.8) is 0 Å². The Morgan fingerprint density at radius 3 is 2.86 bits per heavy atom. The third-order valence-corrected chi connectivity index (χ3v) is 4.17. The number of aromatic nitrogens is 1. The number of rotatable bonds is 2. The minimum absolute atomic E-state index is 0.147. The van der Waals surface area contributed by atoms with Crippen molar-refractivity contribution in [3.05, 3.63) is 16.9 Å². The van der Waals surface area contributed by atoms with Crippen LogP contribution in [0.15, 0.2) is 17.1 Å². The number of benzene rings is 1. The Balaban J connectivity index is 2.23. The lowest BCUT2D eigenvalue weighted by molar-refractivity contribution is -0.120. The molecule has 0 saturated carbocycles. The molecule has 6 heteroatoms. The van der Waals surface area contributed by atoms with Crippen LogP contribution in [0, 0.1) is 18.3 Å². The summed E-state index contributed by atoms with van der Waals surface area (Å²) < 4.78 is 13.6. The fourth-order valence-corrected chi connectivity index (χ4v) is 3.06. The summed E-state index contributed by atoms with van der Waals surface area (Å²) in [5.74, 6) is 3.69. The van der Waals surface area contributed by atoms with Crippen LogP contribution in [-0.4, -0.2) is 17.3 Å². The van der Waals surface area contributed by atoms with Crippen molar-refractivity contribution in [1.29, 1.82) is 0 Å². The molecule has 5 nitrogen and oxygen atoms in total. The summed E-state index contributed by atoms with van der Waals surface area (Å²) in [4.78, 5) is 16.7. The second-order valence-corrected chi connectivity index (χ2v) is 5.96. The third-order valence-electron chi connectivity index (χ3n) is 3.13. The zero-order chi connectivity index (χ0) is 15.0. The number of amides is 1. The Labute approximate surface area is 125 Å². The maximum absolute atomic E-state index is 11.9. The highest BCUT2D eigenvalue weighted by Gasteiger charge is 2.17. The lowest BCUT2D eigenvalue weighted by Gasteiger charge is -2.01. The van der Waals surface area contributed by atoms with E-state index in [4.69, 9.17) is 15.9 Å². The predicted molar refractivity (Wildman–Crippen MR) is 80.2 cm³/mol. The minimum atomic E-state index is -0.160. The summed E-state index contributed by atoms with van der Waals surface area (Å²) in [6.07, 6.45) is 5.43. The minimum Gasteiger partial charge on any atom is -0.454 e. The van der Waals surface area contributed by atoms with Gasteiger partial charge in [0.1, 0.15) is 0 Å². The second-order valence-electron chi connectivity index (χ2n) is 4.95. The lowest BCUT2D eigenvalue weighted by Crippen LogP contribution is -2.18. The molecule has 1 aromatic heterocycles. The van der Waals surface area contributed by atoms with Gasteiger partial charge in [-0.25, -0.2) is 0 Å². The van der Waals surface area contributed by atoms with Gasteiger partial charge in [0.05, 0.1) is 16.8 Å². The maximum atomic E-state index is 11.9. The molecule has 0 N–H and O–H groups in total. The first-order valence-corrected chi connectivity index (χ1v) is 7.37. The monoisotopic (exact) mass is 302 g/mol. The van der Waals surface area contributed by atoms with E-state index in [0.717, 1.165) is 10.2 Å². The predicted octanol–water partition coefficient (Wildman–Crippen LogP) is 2.15. The molecule has 0 unspecified atom stereocenters. The molecule has 1 aromatic carbocycles. The van der Waals surface area contributed by atoms with Gasteiger partial charge < -0.3 is 14.0 Å². The van der Waals surface area contributed by atoms with Crippen LogP contribution in [0.25, 0.3) is 10.2 Å². The molecule has 2 aromatic rings. The summed E-state index contributed by atoms with van der Waals surface area (Å²) in [6.45, 7) is 4.22. The van der Waals surface area contributed by atoms with Gasteiger partial charge in [-0.05, 0) is 0 Å². The maximum Gasteiger partial charge on any atom is 0.250 e. The Kier molecular flexibility index (Phi) is 3.43. The Morgan fingerprint density at radius 2 is 2.19 bits per heavy atom. The molecule has 2 heterocycles. The molecular weight excluding hydrogens is 288 g/mol. The number of carbonyl (C=O) groups is 1. The molecule has 0 spiro atoms. The van der Waals surface area contributed by atoms with Crippen molar-refractivity contribution in [2.45, 2.75) is 20.4 Å². The third kappa shape index (κ3) is 2.41. The van der Waals surface area contributed by atoms with Crippen LogP contribution >= 0.6 is 11.3 Å². The first-order valence-electron chi connectivity index (χ1n) is 6.55. The smallest absolute Gasteiger partial charge is 0.250 e. The van der Waals surface area contributed by atoms with Crippen LogP contribution < -0.4 is 14.3 Å². The van der Waals surface area contributed by atoms with Gasteiger partial charge in [0.25, 0.3) is 5.91 Å². The molecule has 0 radical (unpaired) electrons. The van der Waals surface area contributed by atoms with Crippen molar-refractivity contribution in [2.24, 2.45) is 10.9 Å². The molecule has 1 aliphatic heterocycles. The van der Waals surface area contributed by atoms with Crippen LogP contribution in [0.5, 0.6) is 11.5 Å². The van der Waals surface area contributed by atoms with Crippen molar-refractivity contribution in [3.8, 4) is 23.8 Å². The van der Waals surface area contributed by atoms with Gasteiger partial charge in [0.15, 0.2) is 16.3 Å². The highest BCUT2D eigenvalue weighted by atomic mass is 32.1. The summed E-state index contributed by atoms with van der Waals surface area (Å²) in [5.41, 5.74) is 0.900. The normalized spacial score (nSPS) is 13.9. The van der Waals surface area contributed by atoms with E-state index in [0.29, 0.717) is 22.8 Å². The van der Waals surface area contributed by atoms with Crippen LogP contribution in [0.2, 0.25) is 0 Å². The van der Waals surface area contributed by atoms with Gasteiger partial charge in [0, 0.05) is 18.1 Å². The largest absolute Gasteiger partial charge is 0.454 e. The van der Waals surface area contributed by atoms with Gasteiger partial charge >= 0.3 is 0 Å². The Morgan fingerprint density at radius 1 is 1.48 bits per heavy atom. The van der Waals surface area contributed by atoms with Crippen molar-refractivity contribution in [1.82, 2.24) is 4.57 Å². The van der Waals surface area contributed by atoms with Crippen molar-refractivity contribution in [2.75, 3.05) is 6.79 Å². The molecule has 1 aliphatic rings. The quantitative estimate of drug-likeness (QED) is 0.799. The van der Waals surface area contributed by atoms with Gasteiger partial charge in [-0.15, -0.1) is 6.42 Å². The second kappa shape index (κ2) is 5.26.